The quantitative estimate of drug-likeness (QED) is 0.138. The van der Waals surface area contributed by atoms with Crippen molar-refractivity contribution in [3.05, 3.63) is 155 Å². The third-order valence-electron chi connectivity index (χ3n) is 8.81. The molecule has 4 nitrogen and oxygen atoms in total. The van der Waals surface area contributed by atoms with Crippen LogP contribution in [0.15, 0.2) is 131 Å². The summed E-state index contributed by atoms with van der Waals surface area (Å²) in [4.78, 5) is 10.4. The fourth-order valence-corrected chi connectivity index (χ4v) is 6.48. The summed E-state index contributed by atoms with van der Waals surface area (Å²) in [6.07, 6.45) is 0. The minimum atomic E-state index is -0.408. The molecule has 0 aromatic heterocycles. The van der Waals surface area contributed by atoms with E-state index in [-0.39, 0.29) is 16.5 Å². The molecule has 1 aliphatic carbocycles. The molecule has 232 valence electrons. The van der Waals surface area contributed by atoms with Crippen LogP contribution in [-0.4, -0.2) is 11.4 Å². The van der Waals surface area contributed by atoms with Crippen LogP contribution in [-0.2, 0) is 16.5 Å². The maximum atomic E-state index is 11.8. The number of para-hydroxylation sites is 2. The van der Waals surface area contributed by atoms with Crippen LogP contribution in [0.4, 0.5) is 11.4 Å². The molecule has 0 aliphatic heterocycles. The molecule has 0 unspecified atom stereocenters. The van der Waals surface area contributed by atoms with E-state index in [2.05, 4.69) is 100 Å². The van der Waals surface area contributed by atoms with Gasteiger partial charge in [0.2, 0.25) is 0 Å². The van der Waals surface area contributed by atoms with Crippen molar-refractivity contribution in [2.24, 2.45) is 9.98 Å². The van der Waals surface area contributed by atoms with Crippen LogP contribution in [0.25, 0.3) is 32.3 Å². The molecule has 0 spiro atoms. The summed E-state index contributed by atoms with van der Waals surface area (Å²) in [6.45, 7) is 8.49. The molecular weight excluding hydrogens is 623 g/mol. The molecule has 0 saturated carbocycles. The summed E-state index contributed by atoms with van der Waals surface area (Å²) in [6, 6.07) is 40.0. The molecule has 8 rings (SSSR count). The Morgan fingerprint density at radius 1 is 0.404 bits per heavy atom. The molecule has 0 saturated heterocycles. The van der Waals surface area contributed by atoms with Gasteiger partial charge in [-0.05, 0) is 76.9 Å². The first-order valence-corrected chi connectivity index (χ1v) is 15.4. The average Bonchev–Trinajstić information content (AvgIpc) is 3.37. The first-order valence-electron chi connectivity index (χ1n) is 15.4. The van der Waals surface area contributed by atoms with Crippen molar-refractivity contribution >= 4 is 55.1 Å². The van der Waals surface area contributed by atoms with Gasteiger partial charge in [-0.25, -0.2) is 9.98 Å². The van der Waals surface area contributed by atoms with Crippen LogP contribution in [0.1, 0.15) is 33.4 Å². The maximum absolute atomic E-state index is 11.8. The molecular formula is C42H32N2NiO2. The van der Waals surface area contributed by atoms with E-state index in [4.69, 9.17) is 9.98 Å². The number of aryl methyl sites for hydroxylation is 4. The van der Waals surface area contributed by atoms with Gasteiger partial charge in [-0.3, -0.25) is 0 Å². The molecule has 0 radical (unpaired) electrons. The van der Waals surface area contributed by atoms with Crippen LogP contribution >= 0.6 is 0 Å². The Kier molecular flexibility index (Phi) is 8.68. The smallest absolute Gasteiger partial charge is 0.872 e. The molecule has 7 aromatic rings. The summed E-state index contributed by atoms with van der Waals surface area (Å²) >= 11 is 0. The van der Waals surface area contributed by atoms with Gasteiger partial charge < -0.3 is 10.2 Å². The summed E-state index contributed by atoms with van der Waals surface area (Å²) in [5.74, 6) is -0.816. The van der Waals surface area contributed by atoms with E-state index in [0.717, 1.165) is 44.7 Å². The number of benzene rings is 7. The predicted molar refractivity (Wildman–Crippen MR) is 189 cm³/mol. The topological polar surface area (TPSA) is 70.8 Å². The van der Waals surface area contributed by atoms with Gasteiger partial charge in [-0.2, -0.15) is 0 Å². The van der Waals surface area contributed by atoms with Crippen molar-refractivity contribution in [1.82, 2.24) is 0 Å². The van der Waals surface area contributed by atoms with Crippen LogP contribution in [0.2, 0.25) is 0 Å². The number of fused-ring (bicyclic) bond motifs is 3. The Morgan fingerprint density at radius 2 is 0.745 bits per heavy atom. The Hall–Kier alpha value is -5.25. The van der Waals surface area contributed by atoms with Crippen molar-refractivity contribution in [3.63, 3.8) is 0 Å². The standard InChI is InChI=1S/C28H24N2.C14H10O2.Ni/c1-17-9-5-10-18(2)25(17)29-27-22-15-7-13-21-14-8-16-23(24(21)22)28(27)30-26-19(3)11-6-12-20(26)4;15-13-11-7-3-1-5-9(11)10-6-2-4-8-12(10)14(13)16;/h5-16H,1-4H3;1-8,15-16H;/q;;+2/p-2. The minimum Gasteiger partial charge on any atom is -0.872 e. The zero-order chi connectivity index (χ0) is 31.9. The normalized spacial score (nSPS) is 13.6. The largest absolute Gasteiger partial charge is 2.00 e. The van der Waals surface area contributed by atoms with E-state index in [1.165, 1.54) is 33.0 Å². The van der Waals surface area contributed by atoms with Gasteiger partial charge in [-0.1, -0.05) is 121 Å². The fourth-order valence-electron chi connectivity index (χ4n) is 6.48. The van der Waals surface area contributed by atoms with Gasteiger partial charge in [-0.15, -0.1) is 11.5 Å². The summed E-state index contributed by atoms with van der Waals surface area (Å²) < 4.78 is 0. The van der Waals surface area contributed by atoms with Crippen LogP contribution in [0, 0.1) is 27.7 Å². The van der Waals surface area contributed by atoms with E-state index in [9.17, 15) is 10.2 Å². The van der Waals surface area contributed by atoms with E-state index in [1.807, 2.05) is 24.3 Å². The SMILES string of the molecule is Cc1cccc(C)c1N=C1C(=Nc2c(C)cccc2C)c2cccc3cccc1c23.[Ni+2].[O-]c1c([O-])c2ccccc2c2ccccc12. The maximum Gasteiger partial charge on any atom is 2.00 e. The van der Waals surface area contributed by atoms with Gasteiger partial charge >= 0.3 is 16.5 Å². The van der Waals surface area contributed by atoms with Gasteiger partial charge in [0.15, 0.2) is 0 Å². The summed E-state index contributed by atoms with van der Waals surface area (Å²) in [5.41, 5.74) is 11.0. The second-order valence-corrected chi connectivity index (χ2v) is 11.9. The molecule has 0 bridgehead atoms. The van der Waals surface area contributed by atoms with E-state index in [0.29, 0.717) is 10.8 Å². The van der Waals surface area contributed by atoms with Crippen molar-refractivity contribution in [3.8, 4) is 11.5 Å². The molecule has 7 aromatic carbocycles. The fraction of sp³-hybridized carbons (Fsp3) is 0.0952. The monoisotopic (exact) mass is 654 g/mol. The molecule has 0 fully saturated rings. The molecule has 0 atom stereocenters. The molecule has 0 heterocycles. The molecule has 5 heteroatoms. The number of hydrogen-bond acceptors (Lipinski definition) is 4. The Balaban J connectivity index is 0.000000192. The average molecular weight is 655 g/mol. The second-order valence-electron chi connectivity index (χ2n) is 11.9. The van der Waals surface area contributed by atoms with E-state index in [1.54, 1.807) is 24.3 Å². The van der Waals surface area contributed by atoms with Crippen LogP contribution in [0.3, 0.4) is 0 Å². The first-order chi connectivity index (χ1) is 22.3. The van der Waals surface area contributed by atoms with Gasteiger partial charge in [0.1, 0.15) is 0 Å². The number of rotatable bonds is 2. The zero-order valence-electron chi connectivity index (χ0n) is 26.6. The minimum absolute atomic E-state index is 0. The van der Waals surface area contributed by atoms with Crippen LogP contribution in [0.5, 0.6) is 11.5 Å². The van der Waals surface area contributed by atoms with E-state index < -0.39 is 11.5 Å². The van der Waals surface area contributed by atoms with Gasteiger partial charge in [0.05, 0.1) is 22.8 Å². The van der Waals surface area contributed by atoms with Gasteiger partial charge in [0, 0.05) is 16.5 Å². The molecule has 47 heavy (non-hydrogen) atoms. The summed E-state index contributed by atoms with van der Waals surface area (Å²) in [5, 5.41) is 28.8. The van der Waals surface area contributed by atoms with E-state index >= 15 is 0 Å². The van der Waals surface area contributed by atoms with Crippen molar-refractivity contribution in [2.45, 2.75) is 27.7 Å². The molecule has 1 aliphatic rings. The molecule has 0 N–H and O–H groups in total. The zero-order valence-corrected chi connectivity index (χ0v) is 27.6. The third kappa shape index (κ3) is 5.58. The first kappa shape index (κ1) is 31.7. The number of nitrogens with zero attached hydrogens (tertiary/aromatic N) is 2. The Morgan fingerprint density at radius 3 is 1.13 bits per heavy atom. The van der Waals surface area contributed by atoms with Crippen molar-refractivity contribution < 1.29 is 26.7 Å². The Bertz CT molecular complexity index is 2190. The second kappa shape index (κ2) is 12.9. The van der Waals surface area contributed by atoms with Crippen molar-refractivity contribution in [1.29, 1.82) is 0 Å². The van der Waals surface area contributed by atoms with Crippen LogP contribution < -0.4 is 10.2 Å². The van der Waals surface area contributed by atoms with Crippen molar-refractivity contribution in [2.75, 3.05) is 0 Å². The number of hydrogen-bond donors (Lipinski definition) is 0. The number of aliphatic imine (C=N–C) groups is 2. The predicted octanol–water partition coefficient (Wildman–Crippen LogP) is 9.47. The Labute approximate surface area is 284 Å². The summed E-state index contributed by atoms with van der Waals surface area (Å²) in [7, 11) is 0. The third-order valence-corrected chi connectivity index (χ3v) is 8.81. The molecule has 0 amide bonds. The van der Waals surface area contributed by atoms with Gasteiger partial charge in [0.25, 0.3) is 0 Å².